The van der Waals surface area contributed by atoms with Crippen LogP contribution in [0.15, 0.2) is 70.9 Å². The van der Waals surface area contributed by atoms with Gasteiger partial charge in [0, 0.05) is 48.9 Å². The van der Waals surface area contributed by atoms with Crippen molar-refractivity contribution in [2.45, 2.75) is 26.0 Å². The normalized spacial score (nSPS) is 15.9. The topological polar surface area (TPSA) is 91.2 Å². The summed E-state index contributed by atoms with van der Waals surface area (Å²) in [6, 6.07) is 11.9. The Morgan fingerprint density at radius 1 is 1.10 bits per heavy atom. The van der Waals surface area contributed by atoms with E-state index in [0.717, 1.165) is 34.8 Å². The number of benzene rings is 1. The first-order valence-electron chi connectivity index (χ1n) is 9.30. The van der Waals surface area contributed by atoms with Gasteiger partial charge in [0.1, 0.15) is 5.82 Å². The molecule has 5 rings (SSSR count). The molecule has 8 heteroatoms. The standard InChI is InChI=1S/C21H18N6O2/c1-14-23-9-10-27(14)13-15-3-2-4-17(11-15)20-24-21(29-26-20)19-12-18(25-28-19)16-5-7-22-8-6-16/h2-11,19H,12-13H2,1H3. The molecule has 1 aliphatic heterocycles. The average molecular weight is 386 g/mol. The molecule has 0 radical (unpaired) electrons. The minimum Gasteiger partial charge on any atom is -0.382 e. The SMILES string of the molecule is Cc1nccn1Cc1cccc(-c2noc(C3CC(c4ccncc4)=NO3)n2)c1. The number of rotatable bonds is 5. The summed E-state index contributed by atoms with van der Waals surface area (Å²) in [5, 5.41) is 8.30. The third-order valence-corrected chi connectivity index (χ3v) is 4.86. The zero-order chi connectivity index (χ0) is 19.6. The highest BCUT2D eigenvalue weighted by atomic mass is 16.7. The van der Waals surface area contributed by atoms with Crippen molar-refractivity contribution < 1.29 is 9.36 Å². The number of nitrogens with zero attached hydrogens (tertiary/aromatic N) is 6. The molecule has 0 N–H and O–H groups in total. The van der Waals surface area contributed by atoms with Gasteiger partial charge in [-0.05, 0) is 30.7 Å². The van der Waals surface area contributed by atoms with E-state index in [9.17, 15) is 0 Å². The smallest absolute Gasteiger partial charge is 0.271 e. The molecule has 1 aromatic carbocycles. The zero-order valence-corrected chi connectivity index (χ0v) is 15.8. The quantitative estimate of drug-likeness (QED) is 0.521. The summed E-state index contributed by atoms with van der Waals surface area (Å²) >= 11 is 0. The first-order chi connectivity index (χ1) is 14.3. The van der Waals surface area contributed by atoms with Crippen LogP contribution in [0.3, 0.4) is 0 Å². The molecule has 144 valence electrons. The van der Waals surface area contributed by atoms with Crippen LogP contribution >= 0.6 is 0 Å². The molecule has 0 aliphatic carbocycles. The maximum absolute atomic E-state index is 5.52. The highest BCUT2D eigenvalue weighted by molar-refractivity contribution is 6.01. The van der Waals surface area contributed by atoms with Gasteiger partial charge in [0.2, 0.25) is 11.9 Å². The Labute approximate surface area is 166 Å². The fraction of sp³-hybridized carbons (Fsp3) is 0.190. The van der Waals surface area contributed by atoms with Crippen LogP contribution in [0.4, 0.5) is 0 Å². The molecule has 1 aliphatic rings. The van der Waals surface area contributed by atoms with Crippen LogP contribution < -0.4 is 0 Å². The van der Waals surface area contributed by atoms with E-state index >= 15 is 0 Å². The van der Waals surface area contributed by atoms with Crippen LogP contribution in [0.1, 0.15) is 35.4 Å². The first kappa shape index (κ1) is 17.3. The molecule has 0 fully saturated rings. The molecule has 0 spiro atoms. The maximum atomic E-state index is 5.52. The van der Waals surface area contributed by atoms with E-state index in [-0.39, 0.29) is 6.10 Å². The second-order valence-corrected chi connectivity index (χ2v) is 6.83. The second-order valence-electron chi connectivity index (χ2n) is 6.83. The van der Waals surface area contributed by atoms with Gasteiger partial charge in [-0.3, -0.25) is 4.98 Å². The van der Waals surface area contributed by atoms with Crippen molar-refractivity contribution in [1.29, 1.82) is 0 Å². The zero-order valence-electron chi connectivity index (χ0n) is 15.8. The van der Waals surface area contributed by atoms with E-state index in [1.807, 2.05) is 37.4 Å². The van der Waals surface area contributed by atoms with Crippen LogP contribution in [0, 0.1) is 6.92 Å². The predicted octanol–water partition coefficient (Wildman–Crippen LogP) is 3.55. The van der Waals surface area contributed by atoms with Gasteiger partial charge < -0.3 is 13.9 Å². The summed E-state index contributed by atoms with van der Waals surface area (Å²) < 4.78 is 7.55. The molecule has 0 saturated carbocycles. The van der Waals surface area contributed by atoms with Gasteiger partial charge in [-0.2, -0.15) is 4.98 Å². The number of hydrogen-bond donors (Lipinski definition) is 0. The van der Waals surface area contributed by atoms with Crippen molar-refractivity contribution in [2.75, 3.05) is 0 Å². The highest BCUT2D eigenvalue weighted by Crippen LogP contribution is 2.30. The molecule has 8 nitrogen and oxygen atoms in total. The van der Waals surface area contributed by atoms with Gasteiger partial charge in [0.15, 0.2) is 0 Å². The Morgan fingerprint density at radius 2 is 2.00 bits per heavy atom. The summed E-state index contributed by atoms with van der Waals surface area (Å²) in [6.45, 7) is 2.72. The molecule has 1 atom stereocenters. The summed E-state index contributed by atoms with van der Waals surface area (Å²) in [5.74, 6) is 1.93. The van der Waals surface area contributed by atoms with E-state index in [0.29, 0.717) is 18.1 Å². The van der Waals surface area contributed by atoms with Crippen LogP contribution in [-0.4, -0.2) is 30.4 Å². The van der Waals surface area contributed by atoms with E-state index in [1.54, 1.807) is 18.6 Å². The predicted molar refractivity (Wildman–Crippen MR) is 105 cm³/mol. The second kappa shape index (κ2) is 7.31. The molecular weight excluding hydrogens is 368 g/mol. The van der Waals surface area contributed by atoms with E-state index < -0.39 is 0 Å². The number of aromatic nitrogens is 5. The number of pyridine rings is 1. The van der Waals surface area contributed by atoms with Crippen molar-refractivity contribution in [3.05, 3.63) is 84.0 Å². The highest BCUT2D eigenvalue weighted by Gasteiger charge is 2.29. The van der Waals surface area contributed by atoms with E-state index in [4.69, 9.17) is 9.36 Å². The summed E-state index contributed by atoms with van der Waals surface area (Å²) in [7, 11) is 0. The Balaban J connectivity index is 1.32. The molecule has 29 heavy (non-hydrogen) atoms. The lowest BCUT2D eigenvalue weighted by atomic mass is 10.1. The fourth-order valence-electron chi connectivity index (χ4n) is 3.28. The maximum Gasteiger partial charge on any atom is 0.271 e. The van der Waals surface area contributed by atoms with Gasteiger partial charge in [-0.15, -0.1) is 0 Å². The van der Waals surface area contributed by atoms with Crippen molar-refractivity contribution >= 4 is 5.71 Å². The fourth-order valence-corrected chi connectivity index (χ4v) is 3.28. The van der Waals surface area contributed by atoms with Gasteiger partial charge in [-0.25, -0.2) is 4.98 Å². The van der Waals surface area contributed by atoms with Crippen LogP contribution in [0.2, 0.25) is 0 Å². The van der Waals surface area contributed by atoms with Crippen LogP contribution in [0.5, 0.6) is 0 Å². The average Bonchev–Trinajstić information content (AvgIpc) is 3.50. The molecule has 0 bridgehead atoms. The van der Waals surface area contributed by atoms with Crippen molar-refractivity contribution in [3.63, 3.8) is 0 Å². The number of imidazole rings is 1. The van der Waals surface area contributed by atoms with Gasteiger partial charge in [0.25, 0.3) is 5.89 Å². The molecule has 0 amide bonds. The van der Waals surface area contributed by atoms with Crippen molar-refractivity contribution in [1.82, 2.24) is 24.7 Å². The third kappa shape index (κ3) is 3.52. The number of hydrogen-bond acceptors (Lipinski definition) is 7. The lowest BCUT2D eigenvalue weighted by Gasteiger charge is -2.06. The molecule has 0 saturated heterocycles. The Bertz CT molecular complexity index is 1160. The van der Waals surface area contributed by atoms with Crippen molar-refractivity contribution in [2.24, 2.45) is 5.16 Å². The summed E-state index contributed by atoms with van der Waals surface area (Å²) in [5.41, 5.74) is 3.85. The van der Waals surface area contributed by atoms with Gasteiger partial charge in [0.05, 0.1) is 5.71 Å². The van der Waals surface area contributed by atoms with Crippen LogP contribution in [-0.2, 0) is 11.4 Å². The molecule has 3 aromatic heterocycles. The molecule has 4 aromatic rings. The molecule has 4 heterocycles. The Hall–Kier alpha value is -3.81. The van der Waals surface area contributed by atoms with Crippen LogP contribution in [0.25, 0.3) is 11.4 Å². The molecule has 1 unspecified atom stereocenters. The Morgan fingerprint density at radius 3 is 2.83 bits per heavy atom. The summed E-state index contributed by atoms with van der Waals surface area (Å²) in [4.78, 5) is 18.4. The van der Waals surface area contributed by atoms with E-state index in [1.165, 1.54) is 0 Å². The largest absolute Gasteiger partial charge is 0.382 e. The number of aryl methyl sites for hydroxylation is 1. The minimum absolute atomic E-state index is 0.379. The minimum atomic E-state index is -0.379. The first-order valence-corrected chi connectivity index (χ1v) is 9.30. The Kier molecular flexibility index (Phi) is 4.36. The van der Waals surface area contributed by atoms with Crippen molar-refractivity contribution in [3.8, 4) is 11.4 Å². The van der Waals surface area contributed by atoms with E-state index in [2.05, 4.69) is 42.0 Å². The number of oxime groups is 1. The summed E-state index contributed by atoms with van der Waals surface area (Å²) in [6.07, 6.45) is 7.42. The van der Waals surface area contributed by atoms with Gasteiger partial charge in [-0.1, -0.05) is 28.5 Å². The molecular formula is C21H18N6O2. The monoisotopic (exact) mass is 386 g/mol. The van der Waals surface area contributed by atoms with Gasteiger partial charge >= 0.3 is 0 Å². The lowest BCUT2D eigenvalue weighted by molar-refractivity contribution is 0.0599. The lowest BCUT2D eigenvalue weighted by Crippen LogP contribution is -2.02. The third-order valence-electron chi connectivity index (χ3n) is 4.86.